The number of rotatable bonds is 8. The molecule has 6 nitrogen and oxygen atoms in total. The number of benzene rings is 2. The van der Waals surface area contributed by atoms with E-state index in [0.29, 0.717) is 40.7 Å². The van der Waals surface area contributed by atoms with Crippen molar-refractivity contribution in [3.8, 4) is 0 Å². The van der Waals surface area contributed by atoms with Gasteiger partial charge in [-0.1, -0.05) is 35.5 Å². The molecule has 0 atom stereocenters. The third-order valence-corrected chi connectivity index (χ3v) is 5.82. The quantitative estimate of drug-likeness (QED) is 0.315. The largest absolute Gasteiger partial charge is 0.385 e. The summed E-state index contributed by atoms with van der Waals surface area (Å²) in [5.74, 6) is -0.0199. The van der Waals surface area contributed by atoms with Gasteiger partial charge in [0.2, 0.25) is 5.91 Å². The lowest BCUT2D eigenvalue weighted by Gasteiger charge is -2.13. The van der Waals surface area contributed by atoms with E-state index in [1.54, 1.807) is 29.9 Å². The van der Waals surface area contributed by atoms with Gasteiger partial charge in [-0.05, 0) is 55.7 Å². The fourth-order valence-electron chi connectivity index (χ4n) is 3.04. The van der Waals surface area contributed by atoms with Crippen molar-refractivity contribution in [3.63, 3.8) is 0 Å². The van der Waals surface area contributed by atoms with Crippen LogP contribution in [0.15, 0.2) is 46.3 Å². The lowest BCUT2D eigenvalue weighted by molar-refractivity contribution is -0.113. The van der Waals surface area contributed by atoms with Crippen LogP contribution >= 0.6 is 23.4 Å². The number of fused-ring (bicyclic) bond motifs is 1. The number of thioether (sulfide) groups is 1. The summed E-state index contributed by atoms with van der Waals surface area (Å²) in [6.45, 7) is 4.92. The average molecular weight is 446 g/mol. The van der Waals surface area contributed by atoms with Gasteiger partial charge < -0.3 is 10.1 Å². The van der Waals surface area contributed by atoms with Crippen molar-refractivity contribution < 1.29 is 9.53 Å². The second-order valence-electron chi connectivity index (χ2n) is 7.01. The summed E-state index contributed by atoms with van der Waals surface area (Å²) in [7, 11) is 1.62. The minimum atomic E-state index is -0.155. The summed E-state index contributed by atoms with van der Waals surface area (Å²) in [5.41, 5.74) is 3.23. The predicted octanol–water partition coefficient (Wildman–Crippen LogP) is 4.43. The van der Waals surface area contributed by atoms with Crippen LogP contribution in [0.1, 0.15) is 17.5 Å². The third-order valence-electron chi connectivity index (χ3n) is 4.61. The van der Waals surface area contributed by atoms with Crippen LogP contribution in [0.25, 0.3) is 10.9 Å². The average Bonchev–Trinajstić information content (AvgIpc) is 2.71. The zero-order chi connectivity index (χ0) is 21.7. The fraction of sp³-hybridized carbons (Fsp3) is 0.318. The second-order valence-corrected chi connectivity index (χ2v) is 8.39. The first-order chi connectivity index (χ1) is 14.4. The van der Waals surface area contributed by atoms with E-state index in [1.165, 1.54) is 11.8 Å². The number of ether oxygens (including phenoxy) is 1. The molecule has 1 heterocycles. The minimum Gasteiger partial charge on any atom is -0.385 e. The van der Waals surface area contributed by atoms with E-state index in [9.17, 15) is 9.59 Å². The number of aromatic nitrogens is 2. The van der Waals surface area contributed by atoms with Crippen LogP contribution in [-0.2, 0) is 16.1 Å². The maximum absolute atomic E-state index is 13.0. The highest BCUT2D eigenvalue weighted by Crippen LogP contribution is 2.22. The van der Waals surface area contributed by atoms with Crippen LogP contribution in [0.3, 0.4) is 0 Å². The van der Waals surface area contributed by atoms with Crippen molar-refractivity contribution in [3.05, 3.63) is 62.9 Å². The fourth-order valence-corrected chi connectivity index (χ4v) is 4.03. The molecule has 0 fully saturated rings. The van der Waals surface area contributed by atoms with Crippen molar-refractivity contribution in [2.75, 3.05) is 24.8 Å². The van der Waals surface area contributed by atoms with Gasteiger partial charge in [0.15, 0.2) is 5.16 Å². The molecule has 0 radical (unpaired) electrons. The molecule has 8 heteroatoms. The Morgan fingerprint density at radius 2 is 2.03 bits per heavy atom. The lowest BCUT2D eigenvalue weighted by Crippen LogP contribution is -2.25. The zero-order valence-electron chi connectivity index (χ0n) is 17.2. The number of halogens is 1. The first kappa shape index (κ1) is 22.3. The molecule has 3 rings (SSSR count). The van der Waals surface area contributed by atoms with Gasteiger partial charge in [-0.25, -0.2) is 4.98 Å². The number of methoxy groups -OCH3 is 1. The Hall–Kier alpha value is -2.35. The van der Waals surface area contributed by atoms with Crippen molar-refractivity contribution in [2.24, 2.45) is 0 Å². The smallest absolute Gasteiger partial charge is 0.262 e. The van der Waals surface area contributed by atoms with Gasteiger partial charge in [0.1, 0.15) is 0 Å². The third kappa shape index (κ3) is 5.41. The molecule has 0 aliphatic carbocycles. The van der Waals surface area contributed by atoms with E-state index in [2.05, 4.69) is 10.3 Å². The Kier molecular flexibility index (Phi) is 7.53. The number of amides is 1. The van der Waals surface area contributed by atoms with E-state index in [1.807, 2.05) is 32.0 Å². The molecule has 1 aromatic heterocycles. The van der Waals surface area contributed by atoms with Crippen LogP contribution in [0.5, 0.6) is 0 Å². The molecular formula is C22H24ClN3O3S. The van der Waals surface area contributed by atoms with E-state index in [-0.39, 0.29) is 17.2 Å². The summed E-state index contributed by atoms with van der Waals surface area (Å²) in [4.78, 5) is 30.1. The molecule has 0 saturated carbocycles. The number of nitrogens with one attached hydrogen (secondary N) is 1. The number of aryl methyl sites for hydroxylation is 2. The molecule has 30 heavy (non-hydrogen) atoms. The van der Waals surface area contributed by atoms with Crippen LogP contribution < -0.4 is 10.9 Å². The Balaban J connectivity index is 1.84. The molecule has 1 amide bonds. The van der Waals surface area contributed by atoms with E-state index in [4.69, 9.17) is 16.3 Å². The second kappa shape index (κ2) is 10.1. The molecule has 1 N–H and O–H groups in total. The summed E-state index contributed by atoms with van der Waals surface area (Å²) in [6.07, 6.45) is 0.666. The molecule has 0 unspecified atom stereocenters. The molecule has 0 spiro atoms. The van der Waals surface area contributed by atoms with Crippen LogP contribution in [0.2, 0.25) is 5.02 Å². The molecule has 0 aliphatic rings. The Morgan fingerprint density at radius 1 is 1.23 bits per heavy atom. The standard InChI is InChI=1S/C22H24ClN3O3S/c1-14-5-6-15(2)18(11-14)24-20(27)13-30-22-25-19-12-16(23)7-8-17(19)21(28)26(22)9-4-10-29-3/h5-8,11-12H,4,9-10,13H2,1-3H3,(H,24,27). The normalized spacial score (nSPS) is 11.1. The first-order valence-corrected chi connectivity index (χ1v) is 10.9. The summed E-state index contributed by atoms with van der Waals surface area (Å²) in [5, 5.41) is 4.44. The maximum atomic E-state index is 13.0. The van der Waals surface area contributed by atoms with E-state index < -0.39 is 0 Å². The summed E-state index contributed by atoms with van der Waals surface area (Å²) in [6, 6.07) is 10.9. The number of hydrogen-bond acceptors (Lipinski definition) is 5. The highest BCUT2D eigenvalue weighted by Gasteiger charge is 2.14. The molecule has 158 valence electrons. The van der Waals surface area contributed by atoms with Gasteiger partial charge in [0, 0.05) is 31.0 Å². The van der Waals surface area contributed by atoms with Crippen molar-refractivity contribution >= 4 is 45.9 Å². The maximum Gasteiger partial charge on any atom is 0.262 e. The van der Waals surface area contributed by atoms with Gasteiger partial charge in [0.05, 0.1) is 16.7 Å². The Bertz CT molecular complexity index is 1130. The number of hydrogen-bond donors (Lipinski definition) is 1. The zero-order valence-corrected chi connectivity index (χ0v) is 18.8. The molecule has 0 aliphatic heterocycles. The van der Waals surface area contributed by atoms with Crippen LogP contribution in [0.4, 0.5) is 5.69 Å². The Morgan fingerprint density at radius 3 is 2.80 bits per heavy atom. The number of nitrogens with zero attached hydrogens (tertiary/aromatic N) is 2. The first-order valence-electron chi connectivity index (χ1n) is 9.58. The molecule has 3 aromatic rings. The summed E-state index contributed by atoms with van der Waals surface area (Å²) >= 11 is 7.31. The lowest BCUT2D eigenvalue weighted by atomic mass is 10.1. The SMILES string of the molecule is COCCCn1c(SCC(=O)Nc2cc(C)ccc2C)nc2cc(Cl)ccc2c1=O. The van der Waals surface area contributed by atoms with Gasteiger partial charge in [-0.2, -0.15) is 0 Å². The van der Waals surface area contributed by atoms with Gasteiger partial charge in [-0.3, -0.25) is 14.2 Å². The summed E-state index contributed by atoms with van der Waals surface area (Å²) < 4.78 is 6.71. The van der Waals surface area contributed by atoms with Crippen molar-refractivity contribution in [2.45, 2.75) is 32.0 Å². The topological polar surface area (TPSA) is 73.2 Å². The van der Waals surface area contributed by atoms with E-state index >= 15 is 0 Å². The number of carbonyl (C=O) groups is 1. The highest BCUT2D eigenvalue weighted by atomic mass is 35.5. The van der Waals surface area contributed by atoms with Crippen LogP contribution in [-0.4, -0.2) is 34.9 Å². The van der Waals surface area contributed by atoms with Gasteiger partial charge in [-0.15, -0.1) is 0 Å². The van der Waals surface area contributed by atoms with Crippen molar-refractivity contribution in [1.29, 1.82) is 0 Å². The molecular weight excluding hydrogens is 422 g/mol. The van der Waals surface area contributed by atoms with Crippen molar-refractivity contribution in [1.82, 2.24) is 9.55 Å². The highest BCUT2D eigenvalue weighted by molar-refractivity contribution is 7.99. The van der Waals surface area contributed by atoms with E-state index in [0.717, 1.165) is 16.8 Å². The monoisotopic (exact) mass is 445 g/mol. The number of anilines is 1. The van der Waals surface area contributed by atoms with Crippen LogP contribution in [0, 0.1) is 13.8 Å². The molecule has 0 bridgehead atoms. The predicted molar refractivity (Wildman–Crippen MR) is 123 cm³/mol. The molecule has 0 saturated heterocycles. The number of carbonyl (C=O) groups excluding carboxylic acids is 1. The van der Waals surface area contributed by atoms with Gasteiger partial charge >= 0.3 is 0 Å². The van der Waals surface area contributed by atoms with Gasteiger partial charge in [0.25, 0.3) is 5.56 Å². The molecule has 2 aromatic carbocycles. The Labute approximate surface area is 184 Å². The minimum absolute atomic E-state index is 0.135.